The fraction of sp³-hybridized carbons (Fsp3) is 0.188. The van der Waals surface area contributed by atoms with Crippen LogP contribution >= 0.6 is 23.2 Å². The maximum absolute atomic E-state index is 12.1. The van der Waals surface area contributed by atoms with Gasteiger partial charge < -0.3 is 10.1 Å². The Morgan fingerprint density at radius 3 is 2.62 bits per heavy atom. The topological polar surface area (TPSA) is 38.3 Å². The Bertz CT molecular complexity index is 644. The molecule has 5 heteroatoms. The van der Waals surface area contributed by atoms with Crippen LogP contribution in [0.2, 0.25) is 10.0 Å². The van der Waals surface area contributed by atoms with Gasteiger partial charge in [-0.3, -0.25) is 4.79 Å². The fourth-order valence-electron chi connectivity index (χ4n) is 1.88. The maximum Gasteiger partial charge on any atom is 0.228 e. The molecular weight excluding hydrogens is 309 g/mol. The number of rotatable bonds is 5. The zero-order valence-corrected chi connectivity index (χ0v) is 13.0. The minimum atomic E-state index is -0.138. The van der Waals surface area contributed by atoms with E-state index in [1.54, 1.807) is 24.3 Å². The normalized spacial score (nSPS) is 10.2. The summed E-state index contributed by atoms with van der Waals surface area (Å²) in [6, 6.07) is 12.5. The molecule has 0 saturated heterocycles. The van der Waals surface area contributed by atoms with Crippen LogP contribution < -0.4 is 10.1 Å². The highest BCUT2D eigenvalue weighted by Gasteiger charge is 2.09. The first-order valence-corrected chi connectivity index (χ1v) is 7.31. The average molecular weight is 324 g/mol. The second kappa shape index (κ2) is 7.34. The largest absolute Gasteiger partial charge is 0.492 e. The lowest BCUT2D eigenvalue weighted by Crippen LogP contribution is -2.15. The molecule has 0 aliphatic carbocycles. The highest BCUT2D eigenvalue weighted by molar-refractivity contribution is 6.42. The smallest absolute Gasteiger partial charge is 0.228 e. The molecule has 0 aromatic heterocycles. The zero-order chi connectivity index (χ0) is 15.2. The third kappa shape index (κ3) is 4.38. The monoisotopic (exact) mass is 323 g/mol. The molecule has 0 spiro atoms. The van der Waals surface area contributed by atoms with Crippen molar-refractivity contribution in [1.82, 2.24) is 0 Å². The van der Waals surface area contributed by atoms with Gasteiger partial charge >= 0.3 is 0 Å². The second-order valence-electron chi connectivity index (χ2n) is 4.40. The molecule has 110 valence electrons. The molecule has 0 heterocycles. The van der Waals surface area contributed by atoms with Crippen LogP contribution in [0.3, 0.4) is 0 Å². The van der Waals surface area contributed by atoms with Gasteiger partial charge in [0.05, 0.1) is 28.8 Å². The number of carbonyl (C=O) groups is 1. The number of hydrogen-bond donors (Lipinski definition) is 1. The highest BCUT2D eigenvalue weighted by Crippen LogP contribution is 2.25. The quantitative estimate of drug-likeness (QED) is 0.875. The lowest BCUT2D eigenvalue weighted by molar-refractivity contribution is -0.115. The summed E-state index contributed by atoms with van der Waals surface area (Å²) in [5.41, 5.74) is 1.46. The summed E-state index contributed by atoms with van der Waals surface area (Å²) in [5, 5.41) is 3.75. The molecule has 0 aliphatic rings. The number of anilines is 1. The summed E-state index contributed by atoms with van der Waals surface area (Å²) < 4.78 is 5.47. The van der Waals surface area contributed by atoms with Crippen LogP contribution in [0.4, 0.5) is 5.69 Å². The number of ether oxygens (including phenoxy) is 1. The van der Waals surface area contributed by atoms with E-state index in [9.17, 15) is 4.79 Å². The van der Waals surface area contributed by atoms with Gasteiger partial charge in [-0.05, 0) is 36.8 Å². The first-order chi connectivity index (χ1) is 10.1. The van der Waals surface area contributed by atoms with Gasteiger partial charge in [0.25, 0.3) is 0 Å². The Kier molecular flexibility index (Phi) is 5.48. The summed E-state index contributed by atoms with van der Waals surface area (Å²) in [4.78, 5) is 12.1. The van der Waals surface area contributed by atoms with Gasteiger partial charge in [-0.25, -0.2) is 0 Å². The highest BCUT2D eigenvalue weighted by atomic mass is 35.5. The molecule has 2 aromatic rings. The van der Waals surface area contributed by atoms with Crippen molar-refractivity contribution in [3.63, 3.8) is 0 Å². The molecule has 0 radical (unpaired) electrons. The van der Waals surface area contributed by atoms with Gasteiger partial charge in [0.1, 0.15) is 5.75 Å². The van der Waals surface area contributed by atoms with Crippen molar-refractivity contribution in [2.45, 2.75) is 13.3 Å². The van der Waals surface area contributed by atoms with Crippen molar-refractivity contribution in [2.24, 2.45) is 0 Å². The Morgan fingerprint density at radius 2 is 1.90 bits per heavy atom. The van der Waals surface area contributed by atoms with Crippen molar-refractivity contribution in [3.05, 3.63) is 58.1 Å². The van der Waals surface area contributed by atoms with Gasteiger partial charge in [-0.15, -0.1) is 0 Å². The number of halogens is 2. The van der Waals surface area contributed by atoms with E-state index in [4.69, 9.17) is 27.9 Å². The maximum atomic E-state index is 12.1. The Morgan fingerprint density at radius 1 is 1.14 bits per heavy atom. The van der Waals surface area contributed by atoms with Crippen LogP contribution in [0.15, 0.2) is 42.5 Å². The summed E-state index contributed by atoms with van der Waals surface area (Å²) in [7, 11) is 0. The van der Waals surface area contributed by atoms with Crippen LogP contribution in [0.1, 0.15) is 12.5 Å². The molecule has 21 heavy (non-hydrogen) atoms. The van der Waals surface area contributed by atoms with Gasteiger partial charge in [-0.1, -0.05) is 41.4 Å². The average Bonchev–Trinajstić information content (AvgIpc) is 2.45. The van der Waals surface area contributed by atoms with Crippen molar-refractivity contribution < 1.29 is 9.53 Å². The fourth-order valence-corrected chi connectivity index (χ4v) is 2.20. The molecule has 1 N–H and O–H groups in total. The molecule has 1 amide bonds. The van der Waals surface area contributed by atoms with Gasteiger partial charge in [0.2, 0.25) is 5.91 Å². The lowest BCUT2D eigenvalue weighted by Gasteiger charge is -2.11. The molecule has 2 aromatic carbocycles. The summed E-state index contributed by atoms with van der Waals surface area (Å²) >= 11 is 11.8. The number of hydrogen-bond acceptors (Lipinski definition) is 2. The number of amides is 1. The van der Waals surface area contributed by atoms with E-state index >= 15 is 0 Å². The first-order valence-electron chi connectivity index (χ1n) is 6.55. The van der Waals surface area contributed by atoms with E-state index in [0.717, 1.165) is 5.56 Å². The molecule has 3 nitrogen and oxygen atoms in total. The van der Waals surface area contributed by atoms with E-state index in [0.29, 0.717) is 28.1 Å². The zero-order valence-electron chi connectivity index (χ0n) is 11.5. The number of carbonyl (C=O) groups excluding carboxylic acids is 1. The molecule has 0 bridgehead atoms. The predicted molar refractivity (Wildman–Crippen MR) is 86.4 cm³/mol. The minimum Gasteiger partial charge on any atom is -0.492 e. The van der Waals surface area contributed by atoms with E-state index < -0.39 is 0 Å². The molecule has 0 fully saturated rings. The standard InChI is InChI=1S/C16H15Cl2NO2/c1-2-21-15-6-4-3-5-14(15)19-16(20)10-11-7-8-12(17)13(18)9-11/h3-9H,2,10H2,1H3,(H,19,20). The van der Waals surface area contributed by atoms with E-state index in [-0.39, 0.29) is 12.3 Å². The lowest BCUT2D eigenvalue weighted by atomic mass is 10.1. The molecule has 0 atom stereocenters. The second-order valence-corrected chi connectivity index (χ2v) is 5.22. The third-order valence-corrected chi connectivity index (χ3v) is 3.55. The predicted octanol–water partition coefficient (Wildman–Crippen LogP) is 4.57. The Labute approximate surface area is 133 Å². The molecule has 2 rings (SSSR count). The van der Waals surface area contributed by atoms with Crippen molar-refractivity contribution in [2.75, 3.05) is 11.9 Å². The van der Waals surface area contributed by atoms with Crippen molar-refractivity contribution in [1.29, 1.82) is 0 Å². The third-order valence-electron chi connectivity index (χ3n) is 2.81. The molecular formula is C16H15Cl2NO2. The SMILES string of the molecule is CCOc1ccccc1NC(=O)Cc1ccc(Cl)c(Cl)c1. The van der Waals surface area contributed by atoms with Crippen LogP contribution in [-0.2, 0) is 11.2 Å². The molecule has 0 saturated carbocycles. The van der Waals surface area contributed by atoms with Gasteiger partial charge in [0.15, 0.2) is 0 Å². The Hall–Kier alpha value is -1.71. The number of benzene rings is 2. The van der Waals surface area contributed by atoms with E-state index in [1.165, 1.54) is 0 Å². The Balaban J connectivity index is 2.06. The van der Waals surface area contributed by atoms with E-state index in [2.05, 4.69) is 5.32 Å². The number of nitrogens with one attached hydrogen (secondary N) is 1. The van der Waals surface area contributed by atoms with Crippen LogP contribution in [0, 0.1) is 0 Å². The summed E-state index contributed by atoms with van der Waals surface area (Å²) in [5.74, 6) is 0.517. The van der Waals surface area contributed by atoms with Crippen molar-refractivity contribution in [3.8, 4) is 5.75 Å². The van der Waals surface area contributed by atoms with E-state index in [1.807, 2.05) is 25.1 Å². The van der Waals surface area contributed by atoms with Crippen LogP contribution in [0.5, 0.6) is 5.75 Å². The summed E-state index contributed by atoms with van der Waals surface area (Å²) in [6.07, 6.45) is 0.220. The molecule has 0 unspecified atom stereocenters. The first kappa shape index (κ1) is 15.7. The van der Waals surface area contributed by atoms with Crippen molar-refractivity contribution >= 4 is 34.8 Å². The minimum absolute atomic E-state index is 0.138. The number of para-hydroxylation sites is 2. The van der Waals surface area contributed by atoms with Gasteiger partial charge in [0, 0.05) is 0 Å². The van der Waals surface area contributed by atoms with Gasteiger partial charge in [-0.2, -0.15) is 0 Å². The summed E-state index contributed by atoms with van der Waals surface area (Å²) in [6.45, 7) is 2.44. The molecule has 0 aliphatic heterocycles. The van der Waals surface area contributed by atoms with Crippen LogP contribution in [-0.4, -0.2) is 12.5 Å². The van der Waals surface area contributed by atoms with Crippen LogP contribution in [0.25, 0.3) is 0 Å².